The van der Waals surface area contributed by atoms with Crippen LogP contribution in [0.15, 0.2) is 22.1 Å². The number of thioether (sulfide) groups is 1. The van der Waals surface area contributed by atoms with Crippen LogP contribution in [0.3, 0.4) is 0 Å². The Morgan fingerprint density at radius 3 is 3.00 bits per heavy atom. The van der Waals surface area contributed by atoms with Crippen molar-refractivity contribution in [1.82, 2.24) is 24.6 Å². The van der Waals surface area contributed by atoms with E-state index in [-0.39, 0.29) is 17.9 Å². The Morgan fingerprint density at radius 1 is 1.52 bits per heavy atom. The van der Waals surface area contributed by atoms with Crippen molar-refractivity contribution >= 4 is 17.7 Å². The minimum Gasteiger partial charge on any atom is -0.337 e. The van der Waals surface area contributed by atoms with Gasteiger partial charge in [-0.1, -0.05) is 30.8 Å². The van der Waals surface area contributed by atoms with E-state index in [1.165, 1.54) is 11.8 Å². The van der Waals surface area contributed by atoms with Gasteiger partial charge in [-0.3, -0.25) is 4.79 Å². The molecule has 0 saturated carbocycles. The lowest BCUT2D eigenvalue weighted by Gasteiger charge is -2.21. The fraction of sp³-hybridized carbons (Fsp3) is 0.600. The van der Waals surface area contributed by atoms with E-state index in [1.807, 2.05) is 36.6 Å². The summed E-state index contributed by atoms with van der Waals surface area (Å²) in [6.45, 7) is 4.79. The number of nitrogens with zero attached hydrogens (tertiary/aromatic N) is 5. The normalized spacial score (nSPS) is 18.1. The zero-order valence-corrected chi connectivity index (χ0v) is 14.4. The van der Waals surface area contributed by atoms with Crippen molar-refractivity contribution in [2.45, 2.75) is 43.8 Å². The van der Waals surface area contributed by atoms with Gasteiger partial charge in [0.2, 0.25) is 11.8 Å². The maximum absolute atomic E-state index is 12.6. The molecule has 2 aromatic rings. The molecule has 2 aromatic heterocycles. The highest BCUT2D eigenvalue weighted by Gasteiger charge is 2.34. The van der Waals surface area contributed by atoms with Gasteiger partial charge in [0.25, 0.3) is 0 Å². The Hall–Kier alpha value is -1.83. The highest BCUT2D eigenvalue weighted by Crippen LogP contribution is 2.32. The summed E-state index contributed by atoms with van der Waals surface area (Å²) in [5, 5.41) is 4.85. The van der Waals surface area contributed by atoms with Crippen LogP contribution in [-0.4, -0.2) is 42.8 Å². The minimum atomic E-state index is -0.0931. The van der Waals surface area contributed by atoms with Gasteiger partial charge >= 0.3 is 0 Å². The molecular weight excluding hydrogens is 314 g/mol. The van der Waals surface area contributed by atoms with E-state index in [0.717, 1.165) is 24.5 Å². The molecule has 7 nitrogen and oxygen atoms in total. The van der Waals surface area contributed by atoms with E-state index in [2.05, 4.69) is 15.1 Å². The lowest BCUT2D eigenvalue weighted by Crippen LogP contribution is -2.32. The second-order valence-corrected chi connectivity index (χ2v) is 6.94. The van der Waals surface area contributed by atoms with Crippen molar-refractivity contribution in [3.8, 4) is 0 Å². The third-order valence-corrected chi connectivity index (χ3v) is 4.98. The molecular formula is C15H21N5O2S. The fourth-order valence-corrected chi connectivity index (χ4v) is 3.46. The van der Waals surface area contributed by atoms with Gasteiger partial charge in [-0.15, -0.1) is 0 Å². The molecule has 1 aliphatic rings. The predicted molar refractivity (Wildman–Crippen MR) is 86.0 cm³/mol. The average molecular weight is 335 g/mol. The van der Waals surface area contributed by atoms with E-state index in [0.29, 0.717) is 17.5 Å². The van der Waals surface area contributed by atoms with Crippen LogP contribution in [0.25, 0.3) is 0 Å². The van der Waals surface area contributed by atoms with Gasteiger partial charge in [0.1, 0.15) is 6.04 Å². The Labute approximate surface area is 139 Å². The third kappa shape index (κ3) is 3.41. The minimum absolute atomic E-state index is 0.0878. The summed E-state index contributed by atoms with van der Waals surface area (Å²) in [4.78, 5) is 23.1. The van der Waals surface area contributed by atoms with Gasteiger partial charge in [0.05, 0.1) is 5.75 Å². The largest absolute Gasteiger partial charge is 0.337 e. The molecule has 0 N–H and O–H groups in total. The van der Waals surface area contributed by atoms with Crippen molar-refractivity contribution in [1.29, 1.82) is 0 Å². The van der Waals surface area contributed by atoms with E-state index in [9.17, 15) is 4.79 Å². The van der Waals surface area contributed by atoms with E-state index in [1.54, 1.807) is 6.20 Å². The van der Waals surface area contributed by atoms with Gasteiger partial charge < -0.3 is 14.0 Å². The first-order valence-electron chi connectivity index (χ1n) is 7.79. The fourth-order valence-electron chi connectivity index (χ4n) is 2.64. The number of likely N-dealkylation sites (tertiary alicyclic amines) is 1. The van der Waals surface area contributed by atoms with Gasteiger partial charge in [0, 0.05) is 31.9 Å². The lowest BCUT2D eigenvalue weighted by atomic mass is 10.2. The number of hydrogen-bond donors (Lipinski definition) is 0. The number of amides is 1. The predicted octanol–water partition coefficient (Wildman–Crippen LogP) is 2.38. The first-order chi connectivity index (χ1) is 11.1. The molecule has 3 rings (SSSR count). The van der Waals surface area contributed by atoms with Gasteiger partial charge in [-0.25, -0.2) is 4.98 Å². The Bertz CT molecular complexity index is 681. The quantitative estimate of drug-likeness (QED) is 0.781. The van der Waals surface area contributed by atoms with Crippen LogP contribution in [0.2, 0.25) is 0 Å². The molecule has 1 fully saturated rings. The first-order valence-corrected chi connectivity index (χ1v) is 8.78. The molecule has 1 atom stereocenters. The van der Waals surface area contributed by atoms with E-state index in [4.69, 9.17) is 4.52 Å². The Kier molecular flexibility index (Phi) is 4.70. The molecule has 0 unspecified atom stereocenters. The topological polar surface area (TPSA) is 77.0 Å². The van der Waals surface area contributed by atoms with E-state index >= 15 is 0 Å². The van der Waals surface area contributed by atoms with Crippen LogP contribution in [0.4, 0.5) is 0 Å². The van der Waals surface area contributed by atoms with Crippen LogP contribution in [0, 0.1) is 0 Å². The van der Waals surface area contributed by atoms with Crippen LogP contribution < -0.4 is 0 Å². The van der Waals surface area contributed by atoms with Gasteiger partial charge in [-0.05, 0) is 12.8 Å². The molecule has 124 valence electrons. The number of carbonyl (C=O) groups excluding carboxylic acids is 1. The molecule has 0 radical (unpaired) electrons. The summed E-state index contributed by atoms with van der Waals surface area (Å²) in [7, 11) is 1.92. The monoisotopic (exact) mass is 335 g/mol. The summed E-state index contributed by atoms with van der Waals surface area (Å²) in [5.41, 5.74) is 0. The maximum atomic E-state index is 12.6. The van der Waals surface area contributed by atoms with Crippen LogP contribution in [-0.2, 0) is 11.8 Å². The highest BCUT2D eigenvalue weighted by atomic mass is 32.2. The van der Waals surface area contributed by atoms with Crippen molar-refractivity contribution in [2.75, 3.05) is 12.3 Å². The third-order valence-electron chi connectivity index (χ3n) is 3.93. The number of aromatic nitrogens is 4. The number of aryl methyl sites for hydroxylation is 1. The number of rotatable bonds is 5. The Balaban J connectivity index is 1.65. The molecule has 0 spiro atoms. The molecule has 0 aromatic carbocycles. The molecule has 0 bridgehead atoms. The van der Waals surface area contributed by atoms with Gasteiger partial charge in [-0.2, -0.15) is 4.98 Å². The molecule has 0 aliphatic carbocycles. The van der Waals surface area contributed by atoms with Crippen molar-refractivity contribution in [3.63, 3.8) is 0 Å². The van der Waals surface area contributed by atoms with Crippen molar-refractivity contribution in [2.24, 2.45) is 7.05 Å². The summed E-state index contributed by atoms with van der Waals surface area (Å²) >= 11 is 1.45. The molecule has 23 heavy (non-hydrogen) atoms. The average Bonchev–Trinajstić information content (AvgIpc) is 3.24. The van der Waals surface area contributed by atoms with Crippen molar-refractivity contribution < 1.29 is 9.32 Å². The summed E-state index contributed by atoms with van der Waals surface area (Å²) in [5.74, 6) is 1.93. The van der Waals surface area contributed by atoms with Crippen molar-refractivity contribution in [3.05, 3.63) is 24.1 Å². The maximum Gasteiger partial charge on any atom is 0.249 e. The first kappa shape index (κ1) is 16.0. The van der Waals surface area contributed by atoms with Crippen LogP contribution in [0.5, 0.6) is 0 Å². The smallest absolute Gasteiger partial charge is 0.249 e. The molecule has 1 aliphatic heterocycles. The summed E-state index contributed by atoms with van der Waals surface area (Å²) in [6, 6.07) is -0.0931. The number of imidazole rings is 1. The lowest BCUT2D eigenvalue weighted by molar-refractivity contribution is -0.129. The molecule has 1 saturated heterocycles. The molecule has 8 heteroatoms. The summed E-state index contributed by atoms with van der Waals surface area (Å²) < 4.78 is 7.29. The zero-order valence-electron chi connectivity index (χ0n) is 13.6. The van der Waals surface area contributed by atoms with Crippen LogP contribution in [0.1, 0.15) is 50.4 Å². The van der Waals surface area contributed by atoms with Crippen LogP contribution >= 0.6 is 11.8 Å². The highest BCUT2D eigenvalue weighted by molar-refractivity contribution is 7.99. The molecule has 3 heterocycles. The second-order valence-electron chi connectivity index (χ2n) is 6.00. The zero-order chi connectivity index (χ0) is 16.4. The number of hydrogen-bond acceptors (Lipinski definition) is 6. The number of carbonyl (C=O) groups is 1. The molecule has 1 amide bonds. The van der Waals surface area contributed by atoms with Gasteiger partial charge in [0.15, 0.2) is 11.0 Å². The Morgan fingerprint density at radius 2 is 2.35 bits per heavy atom. The summed E-state index contributed by atoms with van der Waals surface area (Å²) in [6.07, 6.45) is 5.44. The SMILES string of the molecule is CC(C)c1noc([C@@H]2CCCN2C(=O)CSc2nccn2C)n1. The van der Waals surface area contributed by atoms with E-state index < -0.39 is 0 Å². The second kappa shape index (κ2) is 6.74. The standard InChI is InChI=1S/C15H21N5O2S/c1-10(2)13-17-14(22-18-13)11-5-4-7-20(11)12(21)9-23-15-16-6-8-19(15)3/h6,8,10-11H,4-5,7,9H2,1-3H3/t11-/m0/s1.